The van der Waals surface area contributed by atoms with Crippen molar-refractivity contribution in [2.45, 2.75) is 18.4 Å². The summed E-state index contributed by atoms with van der Waals surface area (Å²) in [5.74, 6) is 0.738. The highest BCUT2D eigenvalue weighted by molar-refractivity contribution is 7.98. The van der Waals surface area contributed by atoms with E-state index in [1.807, 2.05) is 13.3 Å². The molecule has 0 saturated heterocycles. The molecule has 0 saturated carbocycles. The number of nitrogens with one attached hydrogen (secondary N) is 2. The molecule has 0 bridgehead atoms. The maximum Gasteiger partial charge on any atom is 0.240 e. The summed E-state index contributed by atoms with van der Waals surface area (Å²) in [6.07, 6.45) is 1.93. The monoisotopic (exact) mass is 322 g/mol. The average Bonchev–Trinajstić information content (AvgIpc) is 2.33. The lowest BCUT2D eigenvalue weighted by Crippen LogP contribution is -2.27. The van der Waals surface area contributed by atoms with Gasteiger partial charge in [-0.3, -0.25) is 0 Å². The highest BCUT2D eigenvalue weighted by Crippen LogP contribution is 2.24. The zero-order valence-corrected chi connectivity index (χ0v) is 13.7. The molecule has 1 rings (SSSR count). The van der Waals surface area contributed by atoms with Gasteiger partial charge in [0.15, 0.2) is 0 Å². The fourth-order valence-electron chi connectivity index (χ4n) is 1.72. The third kappa shape index (κ3) is 4.65. The first kappa shape index (κ1) is 16.8. The van der Waals surface area contributed by atoms with E-state index in [1.54, 1.807) is 24.8 Å². The highest BCUT2D eigenvalue weighted by atomic mass is 35.5. The maximum absolute atomic E-state index is 12.2. The van der Waals surface area contributed by atoms with Crippen LogP contribution in [0.15, 0.2) is 17.0 Å². The van der Waals surface area contributed by atoms with Gasteiger partial charge in [-0.15, -0.1) is 0 Å². The Labute approximate surface area is 124 Å². The van der Waals surface area contributed by atoms with E-state index in [0.29, 0.717) is 18.1 Å². The van der Waals surface area contributed by atoms with Crippen LogP contribution in [0.1, 0.15) is 11.1 Å². The minimum atomic E-state index is -3.50. The summed E-state index contributed by atoms with van der Waals surface area (Å²) < 4.78 is 27.1. The Morgan fingerprint density at radius 1 is 1.37 bits per heavy atom. The molecule has 0 aliphatic heterocycles. The zero-order valence-electron chi connectivity index (χ0n) is 11.3. The van der Waals surface area contributed by atoms with Crippen LogP contribution in [-0.2, 0) is 16.6 Å². The fourth-order valence-corrected chi connectivity index (χ4v) is 3.80. The maximum atomic E-state index is 12.2. The summed E-state index contributed by atoms with van der Waals surface area (Å²) in [6.45, 7) is 2.79. The minimum absolute atomic E-state index is 0.256. The SMILES string of the molecule is CNCc1cc(Cl)cc(S(=O)(=O)NCCSC)c1C. The van der Waals surface area contributed by atoms with Crippen molar-refractivity contribution in [3.63, 3.8) is 0 Å². The smallest absolute Gasteiger partial charge is 0.240 e. The predicted molar refractivity (Wildman–Crippen MR) is 82.5 cm³/mol. The summed E-state index contributed by atoms with van der Waals surface area (Å²) in [4.78, 5) is 0.256. The standard InChI is InChI=1S/C12H19ClN2O2S2/c1-9-10(8-14-2)6-11(13)7-12(9)19(16,17)15-4-5-18-3/h6-7,14-15H,4-5,8H2,1-3H3. The number of benzene rings is 1. The van der Waals surface area contributed by atoms with Gasteiger partial charge < -0.3 is 5.32 Å². The van der Waals surface area contributed by atoms with Crippen LogP contribution in [0.2, 0.25) is 5.02 Å². The molecule has 108 valence electrons. The van der Waals surface area contributed by atoms with E-state index in [-0.39, 0.29) is 4.90 Å². The second kappa shape index (κ2) is 7.50. The lowest BCUT2D eigenvalue weighted by atomic mass is 10.1. The highest BCUT2D eigenvalue weighted by Gasteiger charge is 2.19. The molecular weight excluding hydrogens is 304 g/mol. The van der Waals surface area contributed by atoms with E-state index < -0.39 is 10.0 Å². The molecule has 19 heavy (non-hydrogen) atoms. The third-order valence-corrected chi connectivity index (χ3v) is 5.11. The van der Waals surface area contributed by atoms with E-state index in [2.05, 4.69) is 10.0 Å². The van der Waals surface area contributed by atoms with E-state index in [4.69, 9.17) is 11.6 Å². The van der Waals surface area contributed by atoms with Crippen molar-refractivity contribution in [1.29, 1.82) is 0 Å². The quantitative estimate of drug-likeness (QED) is 0.754. The molecule has 0 aliphatic carbocycles. The number of hydrogen-bond donors (Lipinski definition) is 2. The molecule has 0 unspecified atom stereocenters. The Kier molecular flexibility index (Phi) is 6.62. The first-order valence-electron chi connectivity index (χ1n) is 5.84. The van der Waals surface area contributed by atoms with Gasteiger partial charge in [0, 0.05) is 23.9 Å². The molecule has 4 nitrogen and oxygen atoms in total. The van der Waals surface area contributed by atoms with Crippen LogP contribution < -0.4 is 10.0 Å². The second-order valence-corrected chi connectivity index (χ2v) is 7.27. The van der Waals surface area contributed by atoms with Crippen LogP contribution in [0.25, 0.3) is 0 Å². The molecule has 0 radical (unpaired) electrons. The van der Waals surface area contributed by atoms with Gasteiger partial charge in [-0.2, -0.15) is 11.8 Å². The largest absolute Gasteiger partial charge is 0.316 e. The Morgan fingerprint density at radius 3 is 2.63 bits per heavy atom. The van der Waals surface area contributed by atoms with Gasteiger partial charge >= 0.3 is 0 Å². The molecule has 0 aromatic heterocycles. The van der Waals surface area contributed by atoms with Crippen molar-refractivity contribution >= 4 is 33.4 Å². The first-order valence-corrected chi connectivity index (χ1v) is 9.10. The summed E-state index contributed by atoms with van der Waals surface area (Å²) >= 11 is 7.59. The van der Waals surface area contributed by atoms with Gasteiger partial charge in [0.25, 0.3) is 0 Å². The van der Waals surface area contributed by atoms with Crippen LogP contribution in [0.4, 0.5) is 0 Å². The van der Waals surface area contributed by atoms with Crippen molar-refractivity contribution in [3.05, 3.63) is 28.3 Å². The Balaban J connectivity index is 3.11. The van der Waals surface area contributed by atoms with Crippen LogP contribution in [-0.4, -0.2) is 34.0 Å². The van der Waals surface area contributed by atoms with Crippen LogP contribution in [0.5, 0.6) is 0 Å². The van der Waals surface area contributed by atoms with Gasteiger partial charge in [0.2, 0.25) is 10.0 Å². The Bertz CT molecular complexity index is 533. The normalized spacial score (nSPS) is 11.8. The number of halogens is 1. The van der Waals surface area contributed by atoms with E-state index >= 15 is 0 Å². The number of thioether (sulfide) groups is 1. The summed E-state index contributed by atoms with van der Waals surface area (Å²) in [5.41, 5.74) is 1.62. The minimum Gasteiger partial charge on any atom is -0.316 e. The predicted octanol–water partition coefficient (Wildman–Crippen LogP) is 2.01. The zero-order chi connectivity index (χ0) is 14.5. The number of hydrogen-bond acceptors (Lipinski definition) is 4. The van der Waals surface area contributed by atoms with Gasteiger partial charge in [-0.1, -0.05) is 11.6 Å². The first-order chi connectivity index (χ1) is 8.92. The Morgan fingerprint density at radius 2 is 2.05 bits per heavy atom. The van der Waals surface area contributed by atoms with Gasteiger partial charge in [0.05, 0.1) is 4.90 Å². The van der Waals surface area contributed by atoms with Crippen molar-refractivity contribution in [2.24, 2.45) is 0 Å². The van der Waals surface area contributed by atoms with Gasteiger partial charge in [-0.25, -0.2) is 13.1 Å². The van der Waals surface area contributed by atoms with Crippen LogP contribution in [0, 0.1) is 6.92 Å². The molecule has 1 aromatic rings. The molecular formula is C12H19ClN2O2S2. The van der Waals surface area contributed by atoms with E-state index in [1.165, 1.54) is 6.07 Å². The lowest BCUT2D eigenvalue weighted by molar-refractivity contribution is 0.583. The molecule has 1 aromatic carbocycles. The van der Waals surface area contributed by atoms with Gasteiger partial charge in [-0.05, 0) is 43.5 Å². The second-order valence-electron chi connectivity index (χ2n) is 4.11. The van der Waals surface area contributed by atoms with Crippen molar-refractivity contribution < 1.29 is 8.42 Å². The van der Waals surface area contributed by atoms with Gasteiger partial charge in [0.1, 0.15) is 0 Å². The summed E-state index contributed by atoms with van der Waals surface area (Å²) in [5, 5.41) is 3.44. The molecule has 0 atom stereocenters. The molecule has 7 heteroatoms. The van der Waals surface area contributed by atoms with Crippen LogP contribution >= 0.6 is 23.4 Å². The van der Waals surface area contributed by atoms with E-state index in [9.17, 15) is 8.42 Å². The molecule has 0 spiro atoms. The number of rotatable bonds is 7. The average molecular weight is 323 g/mol. The fraction of sp³-hybridized carbons (Fsp3) is 0.500. The lowest BCUT2D eigenvalue weighted by Gasteiger charge is -2.13. The topological polar surface area (TPSA) is 58.2 Å². The molecule has 2 N–H and O–H groups in total. The molecule has 0 aliphatic rings. The third-order valence-electron chi connectivity index (χ3n) is 2.69. The van der Waals surface area contributed by atoms with Crippen molar-refractivity contribution in [1.82, 2.24) is 10.0 Å². The Hall–Kier alpha value is -0.270. The van der Waals surface area contributed by atoms with E-state index in [0.717, 1.165) is 16.9 Å². The summed E-state index contributed by atoms with van der Waals surface area (Å²) in [6, 6.07) is 3.28. The molecule has 0 amide bonds. The van der Waals surface area contributed by atoms with Crippen LogP contribution in [0.3, 0.4) is 0 Å². The number of sulfonamides is 1. The molecule has 0 fully saturated rings. The molecule has 0 heterocycles. The van der Waals surface area contributed by atoms with Crippen molar-refractivity contribution in [3.8, 4) is 0 Å². The van der Waals surface area contributed by atoms with Crippen molar-refractivity contribution in [2.75, 3.05) is 25.6 Å². The summed E-state index contributed by atoms with van der Waals surface area (Å²) in [7, 11) is -1.69.